The molecule has 4 saturated carbocycles. The Balaban J connectivity index is 1.11. The van der Waals surface area contributed by atoms with Gasteiger partial charge in [-0.15, -0.1) is 0 Å². The van der Waals surface area contributed by atoms with E-state index in [2.05, 4.69) is 32.7 Å². The van der Waals surface area contributed by atoms with Crippen LogP contribution in [0.1, 0.15) is 104 Å². The summed E-state index contributed by atoms with van der Waals surface area (Å²) in [6, 6.07) is 1.79. The van der Waals surface area contributed by atoms with Crippen molar-refractivity contribution in [2.75, 3.05) is 13.2 Å². The van der Waals surface area contributed by atoms with Gasteiger partial charge in [-0.2, -0.15) is 0 Å². The van der Waals surface area contributed by atoms with Gasteiger partial charge in [0.15, 0.2) is 0 Å². The summed E-state index contributed by atoms with van der Waals surface area (Å²) in [6.45, 7) is 10.2. The van der Waals surface area contributed by atoms with Gasteiger partial charge in [0.2, 0.25) is 0 Å². The third-order valence-corrected chi connectivity index (χ3v) is 14.8. The maximum atomic E-state index is 13.4. The van der Waals surface area contributed by atoms with E-state index in [1.807, 2.05) is 0 Å². The Morgan fingerprint density at radius 2 is 1.88 bits per heavy atom. The highest BCUT2D eigenvalue weighted by Gasteiger charge is 2.64. The first-order valence-corrected chi connectivity index (χ1v) is 18.4. The third kappa shape index (κ3) is 5.35. The number of halogens is 1. The zero-order valence-corrected chi connectivity index (χ0v) is 27.4. The molecule has 42 heavy (non-hydrogen) atoms. The molecule has 0 radical (unpaired) electrons. The summed E-state index contributed by atoms with van der Waals surface area (Å²) < 4.78 is 30.6. The van der Waals surface area contributed by atoms with E-state index in [9.17, 15) is 14.8 Å². The van der Waals surface area contributed by atoms with E-state index in [0.717, 1.165) is 37.7 Å². The predicted octanol–water partition coefficient (Wildman–Crippen LogP) is 7.99. The molecule has 7 nitrogen and oxygen atoms in total. The Labute approximate surface area is 257 Å². The van der Waals surface area contributed by atoms with Crippen molar-refractivity contribution in [2.45, 2.75) is 110 Å². The van der Waals surface area contributed by atoms with E-state index in [4.69, 9.17) is 25.2 Å². The Morgan fingerprint density at radius 3 is 2.64 bits per heavy atom. The summed E-state index contributed by atoms with van der Waals surface area (Å²) in [6.07, 6.45) is 12.2. The van der Waals surface area contributed by atoms with Crippen LogP contribution in [-0.2, 0) is 18.1 Å². The van der Waals surface area contributed by atoms with Crippen LogP contribution in [0.15, 0.2) is 18.5 Å². The number of aliphatic hydroxyl groups excluding tert-OH is 2. The minimum Gasteiger partial charge on any atom is -0.393 e. The van der Waals surface area contributed by atoms with Gasteiger partial charge in [0, 0.05) is 24.4 Å². The molecule has 2 N–H and O–H groups in total. The summed E-state index contributed by atoms with van der Waals surface area (Å²) in [4.78, 5) is 4.03. The molecule has 1 aromatic rings. The second kappa shape index (κ2) is 12.0. The highest BCUT2D eigenvalue weighted by molar-refractivity contribution is 7.48. The number of nitrogens with zero attached hydrogens (tertiary/aromatic N) is 1. The van der Waals surface area contributed by atoms with Crippen LogP contribution in [-0.4, -0.2) is 40.6 Å². The quantitative estimate of drug-likeness (QED) is 0.297. The van der Waals surface area contributed by atoms with Gasteiger partial charge in [0.25, 0.3) is 0 Å². The van der Waals surface area contributed by atoms with E-state index < -0.39 is 13.9 Å². The number of aliphatic hydroxyl groups is 2. The van der Waals surface area contributed by atoms with Crippen LogP contribution >= 0.6 is 19.4 Å². The van der Waals surface area contributed by atoms with Crippen LogP contribution in [0.2, 0.25) is 5.02 Å². The second-order valence-electron chi connectivity index (χ2n) is 14.8. The standard InChI is InChI=1S/C33H51ClNO6P/c1-5-22-27-18-21(36)8-13-33(27,4)26-9-14-32(3)24(6-7-25(32)30(26)31(22)37)20(2)11-16-39-42(38)40-17-12-29(41-42)23-10-15-35-19-28(23)34/h10,15,19-22,24-27,29-31,36-37H,5-9,11-14,16-18H2,1-4H3/t20-,21-,22-,24-,25?,26?,27?,29-,30?,31-,32-,33-,42-/m1/s1. The number of phosphoric ester groups is 1. The maximum absolute atomic E-state index is 13.4. The van der Waals surface area contributed by atoms with Crippen molar-refractivity contribution in [1.29, 1.82) is 0 Å². The third-order valence-electron chi connectivity index (χ3n) is 13.0. The minimum absolute atomic E-state index is 0.183. The van der Waals surface area contributed by atoms with Gasteiger partial charge in [-0.1, -0.05) is 45.7 Å². The molecule has 1 aromatic heterocycles. The molecule has 6 rings (SSSR count). The zero-order chi connectivity index (χ0) is 29.9. The van der Waals surface area contributed by atoms with Crippen LogP contribution in [0.5, 0.6) is 0 Å². The molecule has 5 aliphatic rings. The first kappa shape index (κ1) is 31.5. The molecule has 1 saturated heterocycles. The van der Waals surface area contributed by atoms with E-state index in [0.29, 0.717) is 60.2 Å². The minimum atomic E-state index is -3.68. The summed E-state index contributed by atoms with van der Waals surface area (Å²) in [7, 11) is -3.68. The van der Waals surface area contributed by atoms with Gasteiger partial charge in [-0.25, -0.2) is 4.57 Å². The second-order valence-corrected chi connectivity index (χ2v) is 16.8. The number of phosphoric acid groups is 1. The van der Waals surface area contributed by atoms with Crippen molar-refractivity contribution in [1.82, 2.24) is 4.98 Å². The number of hydrogen-bond acceptors (Lipinski definition) is 7. The molecule has 0 aromatic carbocycles. The molecule has 0 spiro atoms. The van der Waals surface area contributed by atoms with Gasteiger partial charge < -0.3 is 10.2 Å². The molecule has 1 aliphatic heterocycles. The van der Waals surface area contributed by atoms with Crippen LogP contribution < -0.4 is 0 Å². The lowest BCUT2D eigenvalue weighted by atomic mass is 9.41. The van der Waals surface area contributed by atoms with Crippen molar-refractivity contribution < 1.29 is 28.3 Å². The average molecular weight is 624 g/mol. The molecule has 4 aliphatic carbocycles. The van der Waals surface area contributed by atoms with E-state index in [-0.39, 0.29) is 29.0 Å². The Kier molecular flexibility index (Phi) is 8.99. The number of fused-ring (bicyclic) bond motifs is 5. The molecular weight excluding hydrogens is 573 g/mol. The smallest absolute Gasteiger partial charge is 0.393 e. The summed E-state index contributed by atoms with van der Waals surface area (Å²) >= 11 is 6.31. The molecule has 9 heteroatoms. The van der Waals surface area contributed by atoms with Gasteiger partial charge in [-0.05, 0) is 110 Å². The fourth-order valence-electron chi connectivity index (χ4n) is 10.9. The number of aromatic nitrogens is 1. The average Bonchev–Trinajstić information content (AvgIpc) is 3.31. The lowest BCUT2D eigenvalue weighted by Gasteiger charge is -2.64. The maximum Gasteiger partial charge on any atom is 0.475 e. The largest absolute Gasteiger partial charge is 0.475 e. The van der Waals surface area contributed by atoms with Crippen molar-refractivity contribution in [3.63, 3.8) is 0 Å². The highest BCUT2D eigenvalue weighted by Crippen LogP contribution is 2.69. The molecule has 5 fully saturated rings. The Hall–Kier alpha value is -0.530. The van der Waals surface area contributed by atoms with E-state index in [1.165, 1.54) is 25.7 Å². The van der Waals surface area contributed by atoms with Gasteiger partial charge in [0.1, 0.15) is 0 Å². The number of pyridine rings is 1. The van der Waals surface area contributed by atoms with Crippen molar-refractivity contribution >= 4 is 19.4 Å². The van der Waals surface area contributed by atoms with Gasteiger partial charge in [-0.3, -0.25) is 18.6 Å². The summed E-state index contributed by atoms with van der Waals surface area (Å²) in [5.41, 5.74) is 1.16. The molecule has 236 valence electrons. The van der Waals surface area contributed by atoms with Crippen molar-refractivity contribution in [2.24, 2.45) is 52.3 Å². The van der Waals surface area contributed by atoms with Crippen LogP contribution in [0.4, 0.5) is 0 Å². The van der Waals surface area contributed by atoms with E-state index in [1.54, 1.807) is 18.5 Å². The van der Waals surface area contributed by atoms with Crippen LogP contribution in [0, 0.1) is 52.3 Å². The van der Waals surface area contributed by atoms with E-state index >= 15 is 0 Å². The van der Waals surface area contributed by atoms with Crippen molar-refractivity contribution in [3.05, 3.63) is 29.0 Å². The Bertz CT molecular complexity index is 1170. The van der Waals surface area contributed by atoms with Crippen LogP contribution in [0.25, 0.3) is 0 Å². The lowest BCUT2D eigenvalue weighted by molar-refractivity contribution is -0.203. The predicted molar refractivity (Wildman–Crippen MR) is 163 cm³/mol. The van der Waals surface area contributed by atoms with Gasteiger partial charge >= 0.3 is 7.82 Å². The molecule has 2 heterocycles. The van der Waals surface area contributed by atoms with Crippen molar-refractivity contribution in [3.8, 4) is 0 Å². The monoisotopic (exact) mass is 623 g/mol. The molecular formula is C33H51ClNO6P. The fourth-order valence-corrected chi connectivity index (χ4v) is 12.5. The van der Waals surface area contributed by atoms with Crippen LogP contribution in [0.3, 0.4) is 0 Å². The first-order chi connectivity index (χ1) is 20.0. The highest BCUT2D eigenvalue weighted by atomic mass is 35.5. The number of rotatable bonds is 7. The topological polar surface area (TPSA) is 98.1 Å². The molecule has 0 bridgehead atoms. The normalized spacial score (nSPS) is 47.7. The molecule has 4 unspecified atom stereocenters. The first-order valence-electron chi connectivity index (χ1n) is 16.5. The summed E-state index contributed by atoms with van der Waals surface area (Å²) in [5.74, 6) is 3.03. The Morgan fingerprint density at radius 1 is 1.12 bits per heavy atom. The fraction of sp³-hybridized carbons (Fsp3) is 0.848. The zero-order valence-electron chi connectivity index (χ0n) is 25.8. The number of hydrogen-bond donors (Lipinski definition) is 2. The lowest BCUT2D eigenvalue weighted by Crippen LogP contribution is -2.62. The summed E-state index contributed by atoms with van der Waals surface area (Å²) in [5, 5.41) is 23.0. The SMILES string of the molecule is CC[C@@H]1C2C[C@H](O)CC[C@]2(C)C2CC[C@@]3(C)C(CC[C@@H]3[C@H](C)CCO[P@]3(=O)OCC[C@H](c4ccncc4Cl)O3)C2[C@@H]1O. The molecule has 13 atom stereocenters. The molecule has 0 amide bonds. The van der Waals surface area contributed by atoms with Gasteiger partial charge in [0.05, 0.1) is 36.5 Å².